The minimum atomic E-state index is -1.40. The highest BCUT2D eigenvalue weighted by molar-refractivity contribution is 6.24. The SMILES string of the molecule is CCOC(=O)[C@@H]1[C@H]2COc3cc(OC)ccc3[C@@H]2N2C(=O)N(c3cccc(C)c3)C(=O)[C@]12C. The molecule has 0 spiro atoms. The predicted molar refractivity (Wildman–Crippen MR) is 119 cm³/mol. The third-order valence-electron chi connectivity index (χ3n) is 7.02. The van der Waals surface area contributed by atoms with Crippen molar-refractivity contribution in [2.45, 2.75) is 32.4 Å². The fraction of sp³-hybridized carbons (Fsp3) is 0.400. The first-order valence-corrected chi connectivity index (χ1v) is 11.0. The Kier molecular flexibility index (Phi) is 4.84. The lowest BCUT2D eigenvalue weighted by molar-refractivity contribution is -0.154. The number of nitrogens with zero attached hydrogens (tertiary/aromatic N) is 2. The van der Waals surface area contributed by atoms with Gasteiger partial charge in [0.1, 0.15) is 17.0 Å². The zero-order valence-electron chi connectivity index (χ0n) is 19.0. The second-order valence-electron chi connectivity index (χ2n) is 8.83. The number of imide groups is 1. The van der Waals surface area contributed by atoms with Crippen molar-refractivity contribution in [2.75, 3.05) is 25.2 Å². The van der Waals surface area contributed by atoms with Gasteiger partial charge in [0, 0.05) is 17.5 Å². The van der Waals surface area contributed by atoms with Crippen molar-refractivity contribution in [3.63, 3.8) is 0 Å². The van der Waals surface area contributed by atoms with Crippen LogP contribution in [0.4, 0.5) is 10.5 Å². The molecule has 8 heteroatoms. The van der Waals surface area contributed by atoms with Crippen molar-refractivity contribution in [3.8, 4) is 11.5 Å². The van der Waals surface area contributed by atoms with Crippen LogP contribution in [0.5, 0.6) is 11.5 Å². The van der Waals surface area contributed by atoms with Crippen molar-refractivity contribution in [1.82, 2.24) is 4.90 Å². The molecule has 0 unspecified atom stereocenters. The monoisotopic (exact) mass is 450 g/mol. The lowest BCUT2D eigenvalue weighted by atomic mass is 9.77. The molecule has 8 nitrogen and oxygen atoms in total. The van der Waals surface area contributed by atoms with E-state index < -0.39 is 41.3 Å². The van der Waals surface area contributed by atoms with E-state index in [0.717, 1.165) is 11.1 Å². The molecule has 3 aliphatic heterocycles. The molecule has 0 aliphatic carbocycles. The third-order valence-corrected chi connectivity index (χ3v) is 7.02. The fourth-order valence-electron chi connectivity index (χ4n) is 5.59. The number of anilines is 1. The minimum absolute atomic E-state index is 0.182. The number of carbonyl (C=O) groups excluding carboxylic acids is 3. The number of fused-ring (bicyclic) bond motifs is 5. The zero-order valence-corrected chi connectivity index (χ0v) is 19.0. The fourth-order valence-corrected chi connectivity index (χ4v) is 5.59. The molecule has 0 N–H and O–H groups in total. The van der Waals surface area contributed by atoms with E-state index in [4.69, 9.17) is 14.2 Å². The molecule has 5 rings (SSSR count). The molecule has 0 aromatic heterocycles. The number of carbonyl (C=O) groups is 3. The summed E-state index contributed by atoms with van der Waals surface area (Å²) in [7, 11) is 1.57. The summed E-state index contributed by atoms with van der Waals surface area (Å²) in [6.45, 7) is 5.67. The maximum absolute atomic E-state index is 13.9. The van der Waals surface area contributed by atoms with Crippen molar-refractivity contribution in [3.05, 3.63) is 53.6 Å². The van der Waals surface area contributed by atoms with E-state index in [0.29, 0.717) is 17.2 Å². The Hall–Kier alpha value is -3.55. The number of urea groups is 1. The van der Waals surface area contributed by atoms with Gasteiger partial charge < -0.3 is 19.1 Å². The van der Waals surface area contributed by atoms with Crippen molar-refractivity contribution in [2.24, 2.45) is 11.8 Å². The molecule has 172 valence electrons. The van der Waals surface area contributed by atoms with E-state index in [9.17, 15) is 14.4 Å². The number of ether oxygens (including phenoxy) is 3. The molecule has 0 saturated carbocycles. The van der Waals surface area contributed by atoms with Crippen LogP contribution in [0.2, 0.25) is 0 Å². The van der Waals surface area contributed by atoms with Crippen LogP contribution in [-0.4, -0.2) is 48.7 Å². The lowest BCUT2D eigenvalue weighted by Crippen LogP contribution is -2.51. The number of aryl methyl sites for hydroxylation is 1. The number of amides is 3. The van der Waals surface area contributed by atoms with Crippen LogP contribution in [0.15, 0.2) is 42.5 Å². The molecule has 33 heavy (non-hydrogen) atoms. The standard InChI is InChI=1S/C25H26N2O6/c1-5-32-22(28)20-18-13-33-19-12-16(31-4)9-10-17(19)21(18)27-24(30)26(23(29)25(20,27)3)15-8-6-7-14(2)11-15/h6-12,18,20-21H,5,13H2,1-4H3/t18-,20+,21+,25+/m1/s1. The summed E-state index contributed by atoms with van der Waals surface area (Å²) in [5.41, 5.74) is 0.764. The van der Waals surface area contributed by atoms with E-state index in [1.165, 1.54) is 4.90 Å². The molecular weight excluding hydrogens is 424 g/mol. The quantitative estimate of drug-likeness (QED) is 0.524. The molecule has 3 amide bonds. The number of benzene rings is 2. The van der Waals surface area contributed by atoms with Gasteiger partial charge in [-0.3, -0.25) is 9.59 Å². The number of hydrogen-bond donors (Lipinski definition) is 0. The van der Waals surface area contributed by atoms with Gasteiger partial charge in [-0.25, -0.2) is 9.69 Å². The summed E-state index contributed by atoms with van der Waals surface area (Å²) in [5, 5.41) is 0. The summed E-state index contributed by atoms with van der Waals surface area (Å²) in [6.07, 6.45) is 0. The molecule has 2 saturated heterocycles. The van der Waals surface area contributed by atoms with Crippen LogP contribution >= 0.6 is 0 Å². The highest BCUT2D eigenvalue weighted by Gasteiger charge is 2.72. The van der Waals surface area contributed by atoms with E-state index in [1.54, 1.807) is 56.2 Å². The van der Waals surface area contributed by atoms with E-state index in [2.05, 4.69) is 0 Å². The highest BCUT2D eigenvalue weighted by Crippen LogP contribution is 2.58. The van der Waals surface area contributed by atoms with Crippen LogP contribution in [0.3, 0.4) is 0 Å². The molecule has 2 fully saturated rings. The first-order valence-electron chi connectivity index (χ1n) is 11.0. The van der Waals surface area contributed by atoms with Crippen molar-refractivity contribution >= 4 is 23.6 Å². The lowest BCUT2D eigenvalue weighted by Gasteiger charge is -2.34. The van der Waals surface area contributed by atoms with Gasteiger partial charge in [-0.15, -0.1) is 0 Å². The van der Waals surface area contributed by atoms with Gasteiger partial charge in [0.15, 0.2) is 0 Å². The second-order valence-corrected chi connectivity index (χ2v) is 8.83. The molecule has 3 aliphatic rings. The van der Waals surface area contributed by atoms with Crippen LogP contribution in [0.25, 0.3) is 0 Å². The van der Waals surface area contributed by atoms with Crippen molar-refractivity contribution < 1.29 is 28.6 Å². The average Bonchev–Trinajstić information content (AvgIpc) is 3.18. The van der Waals surface area contributed by atoms with Crippen LogP contribution in [0, 0.1) is 18.8 Å². The van der Waals surface area contributed by atoms with Gasteiger partial charge in [-0.2, -0.15) is 0 Å². The summed E-state index contributed by atoms with van der Waals surface area (Å²) in [4.78, 5) is 43.7. The average molecular weight is 450 g/mol. The Labute approximate surface area is 192 Å². The second kappa shape index (κ2) is 7.50. The molecule has 0 radical (unpaired) electrons. The molecular formula is C25H26N2O6. The Bertz CT molecular complexity index is 1160. The van der Waals surface area contributed by atoms with Crippen LogP contribution in [0.1, 0.15) is 31.0 Å². The maximum Gasteiger partial charge on any atom is 0.332 e. The van der Waals surface area contributed by atoms with Gasteiger partial charge in [0.25, 0.3) is 5.91 Å². The summed E-state index contributed by atoms with van der Waals surface area (Å²) in [5.74, 6) is -0.991. The molecule has 4 atom stereocenters. The normalized spacial score (nSPS) is 27.6. The Morgan fingerprint density at radius 1 is 1.21 bits per heavy atom. The summed E-state index contributed by atoms with van der Waals surface area (Å²) in [6, 6.07) is 11.7. The van der Waals surface area contributed by atoms with E-state index in [1.807, 2.05) is 19.1 Å². The molecule has 2 aromatic rings. The number of rotatable bonds is 4. The maximum atomic E-state index is 13.9. The van der Waals surface area contributed by atoms with Gasteiger partial charge in [-0.05, 0) is 50.6 Å². The van der Waals surface area contributed by atoms with Gasteiger partial charge in [-0.1, -0.05) is 12.1 Å². The molecule has 2 aromatic carbocycles. The Balaban J connectivity index is 1.68. The first-order chi connectivity index (χ1) is 15.8. The number of esters is 1. The topological polar surface area (TPSA) is 85.4 Å². The summed E-state index contributed by atoms with van der Waals surface area (Å²) >= 11 is 0. The predicted octanol–water partition coefficient (Wildman–Crippen LogP) is 3.47. The number of methoxy groups -OCH3 is 1. The van der Waals surface area contributed by atoms with Crippen LogP contribution in [-0.2, 0) is 14.3 Å². The van der Waals surface area contributed by atoms with Gasteiger partial charge in [0.05, 0.1) is 38.0 Å². The summed E-state index contributed by atoms with van der Waals surface area (Å²) < 4.78 is 16.7. The first kappa shape index (κ1) is 21.3. The Morgan fingerprint density at radius 3 is 2.70 bits per heavy atom. The minimum Gasteiger partial charge on any atom is -0.497 e. The number of hydrogen-bond acceptors (Lipinski definition) is 6. The largest absolute Gasteiger partial charge is 0.497 e. The van der Waals surface area contributed by atoms with Crippen molar-refractivity contribution in [1.29, 1.82) is 0 Å². The van der Waals surface area contributed by atoms with Gasteiger partial charge >= 0.3 is 12.0 Å². The molecule has 0 bridgehead atoms. The smallest absolute Gasteiger partial charge is 0.332 e. The van der Waals surface area contributed by atoms with E-state index in [-0.39, 0.29) is 13.2 Å². The van der Waals surface area contributed by atoms with E-state index >= 15 is 0 Å². The zero-order chi connectivity index (χ0) is 23.5. The third kappa shape index (κ3) is 2.86. The molecule has 3 heterocycles. The Morgan fingerprint density at radius 2 is 2.00 bits per heavy atom. The highest BCUT2D eigenvalue weighted by atomic mass is 16.5. The van der Waals surface area contributed by atoms with Crippen LogP contribution < -0.4 is 14.4 Å². The van der Waals surface area contributed by atoms with Gasteiger partial charge in [0.2, 0.25) is 0 Å².